The second-order valence-corrected chi connectivity index (χ2v) is 7.12. The lowest BCUT2D eigenvalue weighted by Crippen LogP contribution is -2.44. The maximum Gasteiger partial charge on any atom is 0.244 e. The topological polar surface area (TPSA) is 79.2 Å². The first-order valence-corrected chi connectivity index (χ1v) is 8.40. The Morgan fingerprint density at radius 1 is 1.37 bits per heavy atom. The molecule has 108 valence electrons. The van der Waals surface area contributed by atoms with Crippen molar-refractivity contribution in [1.82, 2.24) is 9.29 Å². The molecule has 1 saturated carbocycles. The van der Waals surface area contributed by atoms with Gasteiger partial charge in [-0.05, 0) is 38.2 Å². The van der Waals surface area contributed by atoms with Gasteiger partial charge in [0.05, 0.1) is 4.90 Å². The molecule has 0 atom stereocenters. The van der Waals surface area contributed by atoms with Crippen LogP contribution in [0.15, 0.2) is 23.4 Å². The van der Waals surface area contributed by atoms with E-state index in [0.717, 1.165) is 32.1 Å². The van der Waals surface area contributed by atoms with Gasteiger partial charge in [-0.25, -0.2) is 8.42 Å². The maximum absolute atomic E-state index is 12.6. The lowest BCUT2D eigenvalue weighted by Gasteiger charge is -2.34. The van der Waals surface area contributed by atoms with E-state index >= 15 is 0 Å². The number of nitrogens with one attached hydrogen (secondary N) is 1. The van der Waals surface area contributed by atoms with Gasteiger partial charge in [0, 0.05) is 31.0 Å². The van der Waals surface area contributed by atoms with Gasteiger partial charge in [-0.3, -0.25) is 0 Å². The fraction of sp³-hybridized carbons (Fsp3) is 0.692. The Bertz CT molecular complexity index is 476. The standard InChI is InChI=1S/C13H23N3O2S/c1-2-9-16(12-5-3-11(14)4-6-12)19(17,18)13-7-8-15-10-13/h7-8,10-12,15H,2-6,9,14H2,1H3. The van der Waals surface area contributed by atoms with E-state index in [-0.39, 0.29) is 12.1 Å². The van der Waals surface area contributed by atoms with E-state index in [9.17, 15) is 8.42 Å². The first-order chi connectivity index (χ1) is 9.05. The summed E-state index contributed by atoms with van der Waals surface area (Å²) in [6, 6.07) is 1.95. The molecular weight excluding hydrogens is 262 g/mol. The van der Waals surface area contributed by atoms with Crippen molar-refractivity contribution in [3.63, 3.8) is 0 Å². The minimum atomic E-state index is -3.38. The number of aromatic nitrogens is 1. The van der Waals surface area contributed by atoms with Crippen LogP contribution in [0.25, 0.3) is 0 Å². The van der Waals surface area contributed by atoms with Crippen LogP contribution in [0.2, 0.25) is 0 Å². The SMILES string of the molecule is CCCN(C1CCC(N)CC1)S(=O)(=O)c1cc[nH]c1. The van der Waals surface area contributed by atoms with Crippen LogP contribution in [-0.4, -0.2) is 36.3 Å². The molecule has 0 aromatic carbocycles. The second-order valence-electron chi connectivity index (χ2n) is 5.23. The predicted molar refractivity (Wildman–Crippen MR) is 75.2 cm³/mol. The van der Waals surface area contributed by atoms with Crippen molar-refractivity contribution in [2.75, 3.05) is 6.54 Å². The maximum atomic E-state index is 12.6. The highest BCUT2D eigenvalue weighted by molar-refractivity contribution is 7.89. The van der Waals surface area contributed by atoms with Crippen molar-refractivity contribution < 1.29 is 8.42 Å². The Labute approximate surface area is 115 Å². The lowest BCUT2D eigenvalue weighted by atomic mass is 9.92. The zero-order valence-corrected chi connectivity index (χ0v) is 12.2. The molecule has 3 N–H and O–H groups in total. The summed E-state index contributed by atoms with van der Waals surface area (Å²) in [5.41, 5.74) is 5.90. The van der Waals surface area contributed by atoms with Crippen molar-refractivity contribution in [1.29, 1.82) is 0 Å². The summed E-state index contributed by atoms with van der Waals surface area (Å²) < 4.78 is 26.9. The van der Waals surface area contributed by atoms with Crippen LogP contribution in [-0.2, 0) is 10.0 Å². The molecule has 0 saturated heterocycles. The molecular formula is C13H23N3O2S. The van der Waals surface area contributed by atoms with E-state index in [1.54, 1.807) is 22.8 Å². The van der Waals surface area contributed by atoms with Crippen molar-refractivity contribution >= 4 is 10.0 Å². The van der Waals surface area contributed by atoms with Crippen LogP contribution in [0.4, 0.5) is 0 Å². The number of nitrogens with two attached hydrogens (primary N) is 1. The van der Waals surface area contributed by atoms with Gasteiger partial charge in [0.1, 0.15) is 0 Å². The zero-order valence-electron chi connectivity index (χ0n) is 11.4. The quantitative estimate of drug-likeness (QED) is 0.864. The fourth-order valence-electron chi connectivity index (χ4n) is 2.71. The van der Waals surface area contributed by atoms with Gasteiger partial charge in [0.25, 0.3) is 0 Å². The number of sulfonamides is 1. The predicted octanol–water partition coefficient (Wildman–Crippen LogP) is 1.69. The number of hydrogen-bond acceptors (Lipinski definition) is 3. The minimum Gasteiger partial charge on any atom is -0.366 e. The van der Waals surface area contributed by atoms with Crippen LogP contribution >= 0.6 is 0 Å². The number of aromatic amines is 1. The van der Waals surface area contributed by atoms with Gasteiger partial charge in [0.15, 0.2) is 0 Å². The third-order valence-corrected chi connectivity index (χ3v) is 5.72. The van der Waals surface area contributed by atoms with E-state index in [2.05, 4.69) is 4.98 Å². The van der Waals surface area contributed by atoms with Crippen LogP contribution in [0.3, 0.4) is 0 Å². The molecule has 1 aliphatic rings. The third-order valence-electron chi connectivity index (χ3n) is 3.77. The van der Waals surface area contributed by atoms with Gasteiger partial charge in [-0.2, -0.15) is 4.31 Å². The summed E-state index contributed by atoms with van der Waals surface area (Å²) >= 11 is 0. The van der Waals surface area contributed by atoms with Gasteiger partial charge < -0.3 is 10.7 Å². The number of hydrogen-bond donors (Lipinski definition) is 2. The number of rotatable bonds is 5. The summed E-state index contributed by atoms with van der Waals surface area (Å²) in [5.74, 6) is 0. The van der Waals surface area contributed by atoms with Crippen molar-refractivity contribution in [2.45, 2.75) is 56.0 Å². The van der Waals surface area contributed by atoms with Gasteiger partial charge in [-0.15, -0.1) is 0 Å². The number of nitrogens with zero attached hydrogens (tertiary/aromatic N) is 1. The Morgan fingerprint density at radius 3 is 2.58 bits per heavy atom. The average Bonchev–Trinajstić information content (AvgIpc) is 2.92. The summed E-state index contributed by atoms with van der Waals surface area (Å²) in [7, 11) is -3.38. The van der Waals surface area contributed by atoms with E-state index in [4.69, 9.17) is 5.73 Å². The molecule has 0 aliphatic heterocycles. The van der Waals surface area contributed by atoms with E-state index in [1.165, 1.54) is 0 Å². The molecule has 5 nitrogen and oxygen atoms in total. The van der Waals surface area contributed by atoms with Crippen molar-refractivity contribution in [2.24, 2.45) is 5.73 Å². The van der Waals surface area contributed by atoms with Gasteiger partial charge in [0.2, 0.25) is 10.0 Å². The first-order valence-electron chi connectivity index (χ1n) is 6.96. The zero-order chi connectivity index (χ0) is 13.9. The average molecular weight is 285 g/mol. The van der Waals surface area contributed by atoms with Crippen LogP contribution in [0, 0.1) is 0 Å². The molecule has 0 unspecified atom stereocenters. The van der Waals surface area contributed by atoms with E-state index < -0.39 is 10.0 Å². The van der Waals surface area contributed by atoms with Crippen molar-refractivity contribution in [3.8, 4) is 0 Å². The van der Waals surface area contributed by atoms with Gasteiger partial charge >= 0.3 is 0 Å². The molecule has 0 amide bonds. The summed E-state index contributed by atoms with van der Waals surface area (Å²) in [6.07, 6.45) is 7.57. The molecule has 2 rings (SSSR count). The highest BCUT2D eigenvalue weighted by Gasteiger charge is 2.33. The second kappa shape index (κ2) is 6.07. The first kappa shape index (κ1) is 14.6. The Morgan fingerprint density at radius 2 is 2.05 bits per heavy atom. The molecule has 1 aliphatic carbocycles. The molecule has 0 radical (unpaired) electrons. The summed E-state index contributed by atoms with van der Waals surface area (Å²) in [5, 5.41) is 0. The van der Waals surface area contributed by atoms with E-state index in [0.29, 0.717) is 11.4 Å². The molecule has 1 aromatic rings. The molecule has 0 spiro atoms. The molecule has 1 heterocycles. The normalized spacial score (nSPS) is 24.8. The highest BCUT2D eigenvalue weighted by atomic mass is 32.2. The van der Waals surface area contributed by atoms with E-state index in [1.807, 2.05) is 6.92 Å². The fourth-order valence-corrected chi connectivity index (χ4v) is 4.47. The van der Waals surface area contributed by atoms with Crippen molar-refractivity contribution in [3.05, 3.63) is 18.5 Å². The lowest BCUT2D eigenvalue weighted by molar-refractivity contribution is 0.240. The van der Waals surface area contributed by atoms with Crippen LogP contribution in [0.5, 0.6) is 0 Å². The van der Waals surface area contributed by atoms with Crippen LogP contribution in [0.1, 0.15) is 39.0 Å². The Kier molecular flexibility index (Phi) is 4.65. The monoisotopic (exact) mass is 285 g/mol. The smallest absolute Gasteiger partial charge is 0.244 e. The molecule has 1 fully saturated rings. The largest absolute Gasteiger partial charge is 0.366 e. The van der Waals surface area contributed by atoms with Gasteiger partial charge in [-0.1, -0.05) is 6.92 Å². The molecule has 0 bridgehead atoms. The highest BCUT2D eigenvalue weighted by Crippen LogP contribution is 2.27. The minimum absolute atomic E-state index is 0.0969. The molecule has 19 heavy (non-hydrogen) atoms. The summed E-state index contributed by atoms with van der Waals surface area (Å²) in [6.45, 7) is 2.58. The molecule has 1 aromatic heterocycles. The Balaban J connectivity index is 2.20. The number of H-pyrrole nitrogens is 1. The summed E-state index contributed by atoms with van der Waals surface area (Å²) in [4.78, 5) is 3.17. The third kappa shape index (κ3) is 3.19. The Hall–Kier alpha value is -0.850. The van der Waals surface area contributed by atoms with Crippen LogP contribution < -0.4 is 5.73 Å². The molecule has 6 heteroatoms.